The number of halogens is 1. The third-order valence-corrected chi connectivity index (χ3v) is 2.93. The van der Waals surface area contributed by atoms with E-state index in [1.807, 2.05) is 6.92 Å². The fraction of sp³-hybridized carbons (Fsp3) is 0.417. The van der Waals surface area contributed by atoms with Crippen molar-refractivity contribution in [2.75, 3.05) is 5.73 Å². The molecule has 1 aliphatic rings. The Bertz CT molecular complexity index is 415. The molecule has 0 spiro atoms. The van der Waals surface area contributed by atoms with Crippen molar-refractivity contribution in [1.29, 1.82) is 0 Å². The van der Waals surface area contributed by atoms with Crippen LogP contribution in [0.15, 0.2) is 18.2 Å². The fourth-order valence-electron chi connectivity index (χ4n) is 1.71. The number of nitrogen functional groups attached to an aromatic ring is 1. The molecule has 2 rings (SSSR count). The maximum Gasteiger partial charge on any atom is 0.254 e. The Morgan fingerprint density at radius 1 is 1.56 bits per heavy atom. The average molecular weight is 222 g/mol. The zero-order valence-corrected chi connectivity index (χ0v) is 9.16. The number of carbonyl (C=O) groups excluding carboxylic acids is 1. The van der Waals surface area contributed by atoms with Crippen molar-refractivity contribution in [3.05, 3.63) is 29.6 Å². The molecule has 86 valence electrons. The highest BCUT2D eigenvalue weighted by Gasteiger charge is 2.29. The van der Waals surface area contributed by atoms with Crippen molar-refractivity contribution >= 4 is 11.6 Å². The van der Waals surface area contributed by atoms with Gasteiger partial charge in [0.05, 0.1) is 5.56 Å². The first-order valence-electron chi connectivity index (χ1n) is 5.44. The predicted octanol–water partition coefficient (Wildman–Crippen LogP) is 1.94. The van der Waals surface area contributed by atoms with Gasteiger partial charge < -0.3 is 11.1 Å². The molecule has 0 radical (unpaired) electrons. The monoisotopic (exact) mass is 222 g/mol. The van der Waals surface area contributed by atoms with E-state index >= 15 is 0 Å². The Morgan fingerprint density at radius 3 is 2.81 bits per heavy atom. The molecule has 4 heteroatoms. The predicted molar refractivity (Wildman–Crippen MR) is 60.5 cm³/mol. The van der Waals surface area contributed by atoms with E-state index in [1.165, 1.54) is 12.1 Å². The van der Waals surface area contributed by atoms with Gasteiger partial charge in [0.25, 0.3) is 5.91 Å². The lowest BCUT2D eigenvalue weighted by Gasteiger charge is -2.13. The normalized spacial score (nSPS) is 16.9. The van der Waals surface area contributed by atoms with E-state index in [2.05, 4.69) is 5.32 Å². The molecule has 16 heavy (non-hydrogen) atoms. The van der Waals surface area contributed by atoms with E-state index in [1.54, 1.807) is 0 Å². The third kappa shape index (κ3) is 2.32. The smallest absolute Gasteiger partial charge is 0.254 e. The van der Waals surface area contributed by atoms with Crippen LogP contribution in [-0.2, 0) is 0 Å². The Kier molecular flexibility index (Phi) is 2.81. The summed E-state index contributed by atoms with van der Waals surface area (Å²) in [6, 6.07) is 4.22. The van der Waals surface area contributed by atoms with Crippen molar-refractivity contribution in [3.63, 3.8) is 0 Å². The number of nitrogens with two attached hydrogens (primary N) is 1. The zero-order chi connectivity index (χ0) is 11.7. The molecule has 0 saturated heterocycles. The largest absolute Gasteiger partial charge is 0.399 e. The van der Waals surface area contributed by atoms with Crippen LogP contribution in [0.4, 0.5) is 10.1 Å². The molecule has 1 aromatic carbocycles. The van der Waals surface area contributed by atoms with Crippen LogP contribution in [0.1, 0.15) is 30.1 Å². The molecule has 0 aliphatic heterocycles. The summed E-state index contributed by atoms with van der Waals surface area (Å²) in [5.41, 5.74) is 5.80. The Labute approximate surface area is 93.8 Å². The molecule has 1 amide bonds. The molecule has 3 nitrogen and oxygen atoms in total. The first kappa shape index (κ1) is 10.9. The van der Waals surface area contributed by atoms with Crippen LogP contribution in [0, 0.1) is 11.7 Å². The molecule has 1 aromatic rings. The quantitative estimate of drug-likeness (QED) is 0.768. The van der Waals surface area contributed by atoms with Gasteiger partial charge in [-0.1, -0.05) is 0 Å². The SMILES string of the molecule is CC(NC(=O)c1ccc(N)cc1F)C1CC1. The minimum atomic E-state index is -0.569. The second-order valence-electron chi connectivity index (χ2n) is 4.34. The summed E-state index contributed by atoms with van der Waals surface area (Å²) in [6.07, 6.45) is 2.29. The maximum absolute atomic E-state index is 13.4. The van der Waals surface area contributed by atoms with Gasteiger partial charge in [0, 0.05) is 11.7 Å². The van der Waals surface area contributed by atoms with E-state index in [9.17, 15) is 9.18 Å². The van der Waals surface area contributed by atoms with Crippen molar-refractivity contribution in [3.8, 4) is 0 Å². The summed E-state index contributed by atoms with van der Waals surface area (Å²) < 4.78 is 13.4. The molecule has 1 unspecified atom stereocenters. The number of nitrogens with one attached hydrogen (secondary N) is 1. The molecule has 1 aliphatic carbocycles. The lowest BCUT2D eigenvalue weighted by atomic mass is 10.1. The summed E-state index contributed by atoms with van der Waals surface area (Å²) >= 11 is 0. The summed E-state index contributed by atoms with van der Waals surface area (Å²) in [5.74, 6) is -0.377. The molecule has 1 atom stereocenters. The van der Waals surface area contributed by atoms with Gasteiger partial charge in [-0.2, -0.15) is 0 Å². The standard InChI is InChI=1S/C12H15FN2O/c1-7(8-2-3-8)15-12(16)10-5-4-9(14)6-11(10)13/h4-8H,2-3,14H2,1H3,(H,15,16). The number of hydrogen-bond acceptors (Lipinski definition) is 2. The fourth-order valence-corrected chi connectivity index (χ4v) is 1.71. The van der Waals surface area contributed by atoms with E-state index in [-0.39, 0.29) is 17.5 Å². The number of benzene rings is 1. The minimum Gasteiger partial charge on any atom is -0.399 e. The number of rotatable bonds is 3. The van der Waals surface area contributed by atoms with Crippen molar-refractivity contribution in [2.45, 2.75) is 25.8 Å². The van der Waals surface area contributed by atoms with Crippen molar-refractivity contribution < 1.29 is 9.18 Å². The van der Waals surface area contributed by atoms with Crippen LogP contribution in [0.5, 0.6) is 0 Å². The molecule has 0 bridgehead atoms. The van der Waals surface area contributed by atoms with Gasteiger partial charge in [-0.3, -0.25) is 4.79 Å². The lowest BCUT2D eigenvalue weighted by Crippen LogP contribution is -2.34. The second kappa shape index (κ2) is 4.12. The molecule has 1 saturated carbocycles. The highest BCUT2D eigenvalue weighted by molar-refractivity contribution is 5.95. The van der Waals surface area contributed by atoms with Crippen LogP contribution >= 0.6 is 0 Å². The molecule has 0 heterocycles. The minimum absolute atomic E-state index is 0.0571. The summed E-state index contributed by atoms with van der Waals surface area (Å²) in [4.78, 5) is 11.7. The first-order valence-corrected chi connectivity index (χ1v) is 5.44. The number of hydrogen-bond donors (Lipinski definition) is 2. The first-order chi connectivity index (χ1) is 7.58. The van der Waals surface area contributed by atoms with Crippen LogP contribution in [0.25, 0.3) is 0 Å². The van der Waals surface area contributed by atoms with Gasteiger partial charge in [-0.15, -0.1) is 0 Å². The highest BCUT2D eigenvalue weighted by atomic mass is 19.1. The number of anilines is 1. The Morgan fingerprint density at radius 2 is 2.25 bits per heavy atom. The Hall–Kier alpha value is -1.58. The van der Waals surface area contributed by atoms with Gasteiger partial charge in [0.1, 0.15) is 5.82 Å². The maximum atomic E-state index is 13.4. The van der Waals surface area contributed by atoms with Crippen LogP contribution in [0.2, 0.25) is 0 Å². The van der Waals surface area contributed by atoms with E-state index in [0.29, 0.717) is 11.6 Å². The molecule has 1 fully saturated rings. The molecule has 0 aromatic heterocycles. The molecular formula is C12H15FN2O. The van der Waals surface area contributed by atoms with E-state index < -0.39 is 5.82 Å². The Balaban J connectivity index is 2.07. The van der Waals surface area contributed by atoms with Crippen LogP contribution in [0.3, 0.4) is 0 Å². The molecule has 3 N–H and O–H groups in total. The van der Waals surface area contributed by atoms with Crippen molar-refractivity contribution in [2.24, 2.45) is 5.92 Å². The topological polar surface area (TPSA) is 55.1 Å². The summed E-state index contributed by atoms with van der Waals surface area (Å²) in [6.45, 7) is 1.95. The number of carbonyl (C=O) groups is 1. The van der Waals surface area contributed by atoms with E-state index in [4.69, 9.17) is 5.73 Å². The summed E-state index contributed by atoms with van der Waals surface area (Å²) in [5, 5.41) is 2.80. The second-order valence-corrected chi connectivity index (χ2v) is 4.34. The molecular weight excluding hydrogens is 207 g/mol. The van der Waals surface area contributed by atoms with Gasteiger partial charge in [-0.25, -0.2) is 4.39 Å². The van der Waals surface area contributed by atoms with E-state index in [0.717, 1.165) is 18.9 Å². The average Bonchev–Trinajstić information content (AvgIpc) is 2.99. The lowest BCUT2D eigenvalue weighted by molar-refractivity contribution is 0.0932. The highest BCUT2D eigenvalue weighted by Crippen LogP contribution is 2.32. The summed E-state index contributed by atoms with van der Waals surface area (Å²) in [7, 11) is 0. The third-order valence-electron chi connectivity index (χ3n) is 2.93. The number of amides is 1. The zero-order valence-electron chi connectivity index (χ0n) is 9.16. The van der Waals surface area contributed by atoms with Crippen molar-refractivity contribution in [1.82, 2.24) is 5.32 Å². The van der Waals surface area contributed by atoms with Gasteiger partial charge in [-0.05, 0) is 43.9 Å². The van der Waals surface area contributed by atoms with Gasteiger partial charge in [0.15, 0.2) is 0 Å². The van der Waals surface area contributed by atoms with Gasteiger partial charge in [0.2, 0.25) is 0 Å². The van der Waals surface area contributed by atoms with Gasteiger partial charge >= 0.3 is 0 Å². The van der Waals surface area contributed by atoms with Crippen LogP contribution < -0.4 is 11.1 Å². The van der Waals surface area contributed by atoms with Crippen LogP contribution in [-0.4, -0.2) is 11.9 Å².